The summed E-state index contributed by atoms with van der Waals surface area (Å²) in [5.41, 5.74) is 4.51. The van der Waals surface area contributed by atoms with Crippen LogP contribution in [0.5, 0.6) is 0 Å². The highest BCUT2D eigenvalue weighted by Gasteiger charge is 2.25. The maximum atomic E-state index is 11.5. The molecule has 1 fully saturated rings. The second-order valence-electron chi connectivity index (χ2n) is 4.86. The van der Waals surface area contributed by atoms with Gasteiger partial charge in [0, 0.05) is 5.69 Å². The topological polar surface area (TPSA) is 37.4 Å². The third kappa shape index (κ3) is 2.38. The summed E-state index contributed by atoms with van der Waals surface area (Å²) in [5, 5.41) is 0. The van der Waals surface area contributed by atoms with Gasteiger partial charge in [0.05, 0.1) is 19.5 Å². The SMILES string of the molecule is Cc1cc(C)c(N2CC(=O)CC(=O)C2)c(C)c1. The van der Waals surface area contributed by atoms with Gasteiger partial charge < -0.3 is 4.90 Å². The number of ketones is 2. The van der Waals surface area contributed by atoms with Crippen LogP contribution < -0.4 is 4.90 Å². The molecule has 0 spiro atoms. The van der Waals surface area contributed by atoms with Crippen molar-refractivity contribution < 1.29 is 9.59 Å². The Bertz CT molecular complexity index is 452. The van der Waals surface area contributed by atoms with Gasteiger partial charge in [-0.2, -0.15) is 0 Å². The largest absolute Gasteiger partial charge is 0.356 e. The van der Waals surface area contributed by atoms with Gasteiger partial charge in [-0.05, 0) is 31.9 Å². The lowest BCUT2D eigenvalue weighted by Gasteiger charge is -2.30. The average Bonchev–Trinajstić information content (AvgIpc) is 2.13. The third-order valence-corrected chi connectivity index (χ3v) is 3.08. The van der Waals surface area contributed by atoms with E-state index >= 15 is 0 Å². The fourth-order valence-corrected chi connectivity index (χ4v) is 2.64. The predicted octanol–water partition coefficient (Wildman–Crippen LogP) is 1.96. The standard InChI is InChI=1S/C14H17NO2/c1-9-4-10(2)14(11(3)5-9)15-7-12(16)6-13(17)8-15/h4-5H,6-8H2,1-3H3. The number of nitrogens with zero attached hydrogens (tertiary/aromatic N) is 1. The molecular weight excluding hydrogens is 214 g/mol. The van der Waals surface area contributed by atoms with Gasteiger partial charge in [0.15, 0.2) is 11.6 Å². The van der Waals surface area contributed by atoms with Gasteiger partial charge in [-0.3, -0.25) is 9.59 Å². The summed E-state index contributed by atoms with van der Waals surface area (Å²) >= 11 is 0. The molecule has 0 radical (unpaired) electrons. The van der Waals surface area contributed by atoms with Crippen LogP contribution in [0.1, 0.15) is 23.1 Å². The zero-order chi connectivity index (χ0) is 12.6. The van der Waals surface area contributed by atoms with Crippen LogP contribution in [-0.4, -0.2) is 24.7 Å². The Morgan fingerprint density at radius 1 is 0.941 bits per heavy atom. The predicted molar refractivity (Wildman–Crippen MR) is 67.5 cm³/mol. The van der Waals surface area contributed by atoms with E-state index in [-0.39, 0.29) is 18.0 Å². The maximum Gasteiger partial charge on any atom is 0.159 e. The molecule has 0 saturated carbocycles. The highest BCUT2D eigenvalue weighted by Crippen LogP contribution is 2.27. The van der Waals surface area contributed by atoms with E-state index in [4.69, 9.17) is 0 Å². The van der Waals surface area contributed by atoms with Gasteiger partial charge in [-0.1, -0.05) is 17.7 Å². The van der Waals surface area contributed by atoms with E-state index in [1.54, 1.807) is 0 Å². The van der Waals surface area contributed by atoms with Gasteiger partial charge in [0.1, 0.15) is 0 Å². The van der Waals surface area contributed by atoms with E-state index in [1.807, 2.05) is 18.7 Å². The molecule has 3 nitrogen and oxygen atoms in total. The molecule has 1 saturated heterocycles. The third-order valence-electron chi connectivity index (χ3n) is 3.08. The highest BCUT2D eigenvalue weighted by atomic mass is 16.2. The first-order valence-corrected chi connectivity index (χ1v) is 5.83. The smallest absolute Gasteiger partial charge is 0.159 e. The van der Waals surface area contributed by atoms with Crippen molar-refractivity contribution in [3.05, 3.63) is 28.8 Å². The van der Waals surface area contributed by atoms with Crippen molar-refractivity contribution in [1.29, 1.82) is 0 Å². The number of piperidine rings is 1. The Morgan fingerprint density at radius 3 is 1.88 bits per heavy atom. The van der Waals surface area contributed by atoms with Gasteiger partial charge >= 0.3 is 0 Å². The number of carbonyl (C=O) groups is 2. The number of Topliss-reactive ketones (excluding diaryl/α,β-unsaturated/α-hetero) is 2. The van der Waals surface area contributed by atoms with E-state index in [1.165, 1.54) is 5.56 Å². The first-order chi connectivity index (χ1) is 7.97. The van der Waals surface area contributed by atoms with Crippen molar-refractivity contribution >= 4 is 17.3 Å². The molecule has 1 aliphatic heterocycles. The minimum Gasteiger partial charge on any atom is -0.356 e. The molecule has 0 N–H and O–H groups in total. The second-order valence-corrected chi connectivity index (χ2v) is 4.86. The highest BCUT2D eigenvalue weighted by molar-refractivity contribution is 6.06. The van der Waals surface area contributed by atoms with E-state index in [0.29, 0.717) is 13.1 Å². The van der Waals surface area contributed by atoms with Crippen molar-refractivity contribution in [3.63, 3.8) is 0 Å². The minimum atomic E-state index is 0.0145. The lowest BCUT2D eigenvalue weighted by atomic mass is 10.0. The summed E-state index contributed by atoms with van der Waals surface area (Å²) in [6.07, 6.45) is 0.0977. The van der Waals surface area contributed by atoms with E-state index in [9.17, 15) is 9.59 Å². The summed E-state index contributed by atoms with van der Waals surface area (Å²) in [6.45, 7) is 6.82. The number of rotatable bonds is 1. The van der Waals surface area contributed by atoms with E-state index in [2.05, 4.69) is 19.1 Å². The molecule has 90 valence electrons. The molecule has 1 aliphatic rings. The van der Waals surface area contributed by atoms with Crippen molar-refractivity contribution in [2.45, 2.75) is 27.2 Å². The number of benzene rings is 1. The lowest BCUT2D eigenvalue weighted by Crippen LogP contribution is -2.41. The normalized spacial score (nSPS) is 16.5. The molecule has 0 aliphatic carbocycles. The molecule has 0 aromatic heterocycles. The monoisotopic (exact) mass is 231 g/mol. The summed E-state index contributed by atoms with van der Waals surface area (Å²) in [7, 11) is 0. The fourth-order valence-electron chi connectivity index (χ4n) is 2.64. The Labute approximate surface area is 101 Å². The van der Waals surface area contributed by atoms with Crippen molar-refractivity contribution in [2.75, 3.05) is 18.0 Å². The van der Waals surface area contributed by atoms with Crippen LogP contribution in [0.4, 0.5) is 5.69 Å². The second kappa shape index (κ2) is 4.32. The molecule has 1 aromatic rings. The van der Waals surface area contributed by atoms with Crippen LogP contribution in [0.25, 0.3) is 0 Å². The van der Waals surface area contributed by atoms with Crippen molar-refractivity contribution in [2.24, 2.45) is 0 Å². The van der Waals surface area contributed by atoms with Crippen LogP contribution in [0.2, 0.25) is 0 Å². The van der Waals surface area contributed by atoms with Gasteiger partial charge in [0.2, 0.25) is 0 Å². The zero-order valence-electron chi connectivity index (χ0n) is 10.5. The molecule has 0 bridgehead atoms. The quantitative estimate of drug-likeness (QED) is 0.693. The summed E-state index contributed by atoms with van der Waals surface area (Å²) in [6, 6.07) is 4.18. The number of hydrogen-bond donors (Lipinski definition) is 0. The Morgan fingerprint density at radius 2 is 1.41 bits per heavy atom. The summed E-state index contributed by atoms with van der Waals surface area (Å²) < 4.78 is 0. The maximum absolute atomic E-state index is 11.5. The molecule has 0 atom stereocenters. The van der Waals surface area contributed by atoms with Crippen LogP contribution in [0.3, 0.4) is 0 Å². The van der Waals surface area contributed by atoms with E-state index in [0.717, 1.165) is 16.8 Å². The molecule has 0 amide bonds. The number of hydrogen-bond acceptors (Lipinski definition) is 3. The molecule has 0 unspecified atom stereocenters. The summed E-state index contributed by atoms with van der Waals surface area (Å²) in [4.78, 5) is 24.9. The van der Waals surface area contributed by atoms with Gasteiger partial charge in [0.25, 0.3) is 0 Å². The first kappa shape index (κ1) is 11.8. The van der Waals surface area contributed by atoms with Crippen LogP contribution in [0.15, 0.2) is 12.1 Å². The van der Waals surface area contributed by atoms with Gasteiger partial charge in [-0.15, -0.1) is 0 Å². The first-order valence-electron chi connectivity index (χ1n) is 5.83. The van der Waals surface area contributed by atoms with Gasteiger partial charge in [-0.25, -0.2) is 0 Å². The molecule has 1 aromatic carbocycles. The minimum absolute atomic E-state index is 0.0145. The fraction of sp³-hybridized carbons (Fsp3) is 0.429. The van der Waals surface area contributed by atoms with Crippen molar-refractivity contribution in [3.8, 4) is 0 Å². The van der Waals surface area contributed by atoms with E-state index < -0.39 is 0 Å². The van der Waals surface area contributed by atoms with Crippen LogP contribution >= 0.6 is 0 Å². The van der Waals surface area contributed by atoms with Crippen LogP contribution in [0, 0.1) is 20.8 Å². The number of aryl methyl sites for hydroxylation is 3. The lowest BCUT2D eigenvalue weighted by molar-refractivity contribution is -0.127. The average molecular weight is 231 g/mol. The number of carbonyl (C=O) groups excluding carboxylic acids is 2. The Balaban J connectivity index is 2.40. The molecule has 1 heterocycles. The Hall–Kier alpha value is -1.64. The molecular formula is C14H17NO2. The summed E-state index contributed by atoms with van der Waals surface area (Å²) in [5.74, 6) is 0.0289. The van der Waals surface area contributed by atoms with Crippen molar-refractivity contribution in [1.82, 2.24) is 0 Å². The Kier molecular flexibility index (Phi) is 3.01. The molecule has 2 rings (SSSR count). The van der Waals surface area contributed by atoms with Crippen LogP contribution in [-0.2, 0) is 9.59 Å². The molecule has 17 heavy (non-hydrogen) atoms. The zero-order valence-corrected chi connectivity index (χ0v) is 10.5. The number of anilines is 1. The molecule has 3 heteroatoms.